The van der Waals surface area contributed by atoms with Crippen LogP contribution in [-0.2, 0) is 27.4 Å². The van der Waals surface area contributed by atoms with Crippen LogP contribution in [0.1, 0.15) is 52.7 Å². The van der Waals surface area contributed by atoms with Crippen molar-refractivity contribution < 1.29 is 45.8 Å². The van der Waals surface area contributed by atoms with Crippen LogP contribution < -0.4 is 28.1 Å². The van der Waals surface area contributed by atoms with Crippen LogP contribution in [0.5, 0.6) is 0 Å². The number of rotatable bonds is 2. The van der Waals surface area contributed by atoms with Gasteiger partial charge in [-0.3, -0.25) is 0 Å². The van der Waals surface area contributed by atoms with Gasteiger partial charge in [0, 0.05) is 0 Å². The predicted octanol–water partition coefficient (Wildman–Crippen LogP) is 0.688. The van der Waals surface area contributed by atoms with Gasteiger partial charge in [0.15, 0.2) is 0 Å². The average Bonchev–Trinajstić information content (AvgIpc) is 3.24. The summed E-state index contributed by atoms with van der Waals surface area (Å²) in [5.74, 6) is 0. The minimum Gasteiger partial charge on any atom is -1.00 e. The summed E-state index contributed by atoms with van der Waals surface area (Å²) in [6, 6.07) is 16.2. The molecule has 4 rings (SSSR count). The molecule has 0 atom stereocenters. The van der Waals surface area contributed by atoms with E-state index in [0.29, 0.717) is 3.67 Å². The number of hydrogen-bond acceptors (Lipinski definition) is 0. The first-order valence-electron chi connectivity index (χ1n) is 10.5. The SMILES string of the molecule is CC(C)(C)[C](=[Hf+2]([c]1cccc2c1Cc1ccccc1-2)[CH]1C=CC=C1)C(C)(C)C.[Cl-].[Cl-]. The largest absolute Gasteiger partial charge is 1.00 e. The van der Waals surface area contributed by atoms with Gasteiger partial charge in [-0.25, -0.2) is 0 Å². The molecular formula is C27H32Cl2Hf. The second kappa shape index (κ2) is 9.39. The summed E-state index contributed by atoms with van der Waals surface area (Å²) in [6.45, 7) is 14.7. The third kappa shape index (κ3) is 4.69. The molecule has 2 aromatic rings. The minimum atomic E-state index is -2.43. The van der Waals surface area contributed by atoms with Crippen LogP contribution in [0, 0.1) is 10.8 Å². The van der Waals surface area contributed by atoms with E-state index in [1.807, 2.05) is 3.26 Å². The van der Waals surface area contributed by atoms with Gasteiger partial charge in [0.25, 0.3) is 0 Å². The Labute approximate surface area is 202 Å². The quantitative estimate of drug-likeness (QED) is 0.378. The van der Waals surface area contributed by atoms with Crippen molar-refractivity contribution in [1.29, 1.82) is 0 Å². The van der Waals surface area contributed by atoms with Crippen molar-refractivity contribution in [2.45, 2.75) is 51.6 Å². The topological polar surface area (TPSA) is 0 Å². The zero-order valence-electron chi connectivity index (χ0n) is 18.9. The summed E-state index contributed by atoms with van der Waals surface area (Å²) in [4.78, 5) is 0. The molecule has 0 bridgehead atoms. The molecule has 3 heteroatoms. The number of allylic oxidation sites excluding steroid dienone is 4. The van der Waals surface area contributed by atoms with Crippen LogP contribution in [0.25, 0.3) is 11.1 Å². The average molecular weight is 606 g/mol. The Hall–Kier alpha value is -0.760. The van der Waals surface area contributed by atoms with E-state index >= 15 is 0 Å². The van der Waals surface area contributed by atoms with Gasteiger partial charge >= 0.3 is 179 Å². The summed E-state index contributed by atoms with van der Waals surface area (Å²) in [5.41, 5.74) is 6.54. The van der Waals surface area contributed by atoms with Crippen LogP contribution in [0.3, 0.4) is 0 Å². The molecule has 0 nitrogen and oxygen atoms in total. The van der Waals surface area contributed by atoms with Crippen molar-refractivity contribution in [3.8, 4) is 11.1 Å². The molecule has 0 spiro atoms. The smallest absolute Gasteiger partial charge is 1.00 e. The first-order chi connectivity index (χ1) is 13.2. The Morgan fingerprint density at radius 2 is 1.33 bits per heavy atom. The van der Waals surface area contributed by atoms with Gasteiger partial charge in [-0.15, -0.1) is 0 Å². The standard InChI is InChI=1S/C13H9.C9H18.C5H5.2ClH.Hf/c1-3-7-12-10(5-1)9-11-6-2-4-8-13(11)12;1-8(2,3)7-9(4,5)6;1-2-4-5-3-1;;;/h1-5,7-8H,9H2;1-6H3;1-5H;2*1H;/q;;;;;+2/p-2. The van der Waals surface area contributed by atoms with Gasteiger partial charge in [0.2, 0.25) is 0 Å². The van der Waals surface area contributed by atoms with Gasteiger partial charge in [0.05, 0.1) is 0 Å². The molecular weight excluding hydrogens is 574 g/mol. The van der Waals surface area contributed by atoms with Gasteiger partial charge in [-0.2, -0.15) is 0 Å². The number of halogens is 2. The molecule has 0 unspecified atom stereocenters. The van der Waals surface area contributed by atoms with Crippen LogP contribution in [0.2, 0.25) is 3.67 Å². The molecule has 0 heterocycles. The van der Waals surface area contributed by atoms with E-state index in [0.717, 1.165) is 6.42 Å². The zero-order valence-corrected chi connectivity index (χ0v) is 24.0. The Morgan fingerprint density at radius 3 is 1.93 bits per heavy atom. The predicted molar refractivity (Wildman–Crippen MR) is 120 cm³/mol. The molecule has 0 amide bonds. The summed E-state index contributed by atoms with van der Waals surface area (Å²) in [7, 11) is 0. The number of fused-ring (bicyclic) bond motifs is 3. The zero-order chi connectivity index (χ0) is 20.1. The van der Waals surface area contributed by atoms with Gasteiger partial charge in [-0.1, -0.05) is 0 Å². The third-order valence-electron chi connectivity index (χ3n) is 5.99. The number of hydrogen-bond donors (Lipinski definition) is 0. The van der Waals surface area contributed by atoms with E-state index in [-0.39, 0.29) is 35.6 Å². The molecule has 0 fully saturated rings. The van der Waals surface area contributed by atoms with E-state index in [9.17, 15) is 0 Å². The fourth-order valence-electron chi connectivity index (χ4n) is 5.45. The van der Waals surface area contributed by atoms with Gasteiger partial charge in [-0.05, 0) is 0 Å². The first kappa shape index (κ1) is 25.5. The molecule has 30 heavy (non-hydrogen) atoms. The second-order valence-corrected chi connectivity index (χ2v) is 19.3. The van der Waals surface area contributed by atoms with Crippen molar-refractivity contribution in [3.63, 3.8) is 0 Å². The maximum Gasteiger partial charge on any atom is -1.00 e. The maximum absolute atomic E-state index is 2.49. The molecule has 0 radical (unpaired) electrons. The van der Waals surface area contributed by atoms with Crippen LogP contribution >= 0.6 is 0 Å². The van der Waals surface area contributed by atoms with Gasteiger partial charge < -0.3 is 24.8 Å². The molecule has 2 aliphatic carbocycles. The molecule has 0 N–H and O–H groups in total. The Kier molecular flexibility index (Phi) is 7.98. The summed E-state index contributed by atoms with van der Waals surface area (Å²) < 4.78 is 4.24. The molecule has 0 aromatic heterocycles. The van der Waals surface area contributed by atoms with Crippen molar-refractivity contribution in [1.82, 2.24) is 0 Å². The second-order valence-electron chi connectivity index (χ2n) is 10.2. The van der Waals surface area contributed by atoms with Crippen LogP contribution in [0.4, 0.5) is 0 Å². The summed E-state index contributed by atoms with van der Waals surface area (Å²) in [5, 5.41) is 0. The Balaban J connectivity index is 0.00000160. The Morgan fingerprint density at radius 1 is 0.767 bits per heavy atom. The van der Waals surface area contributed by atoms with Crippen LogP contribution in [0.15, 0.2) is 66.8 Å². The van der Waals surface area contributed by atoms with Crippen molar-refractivity contribution in [2.24, 2.45) is 10.8 Å². The summed E-state index contributed by atoms with van der Waals surface area (Å²) >= 11 is -2.43. The maximum atomic E-state index is 2.49. The van der Waals surface area contributed by atoms with E-state index in [1.165, 1.54) is 16.7 Å². The molecule has 158 valence electrons. The minimum absolute atomic E-state index is 0. The van der Waals surface area contributed by atoms with E-state index in [1.54, 1.807) is 8.88 Å². The van der Waals surface area contributed by atoms with E-state index in [4.69, 9.17) is 0 Å². The molecule has 2 aromatic carbocycles. The van der Waals surface area contributed by atoms with Crippen molar-refractivity contribution in [2.75, 3.05) is 0 Å². The van der Waals surface area contributed by atoms with Crippen LogP contribution in [-0.4, -0.2) is 3.26 Å². The normalized spacial score (nSPS) is 14.3. The summed E-state index contributed by atoms with van der Waals surface area (Å²) in [6.07, 6.45) is 10.6. The first-order valence-corrected chi connectivity index (χ1v) is 16.2. The Bertz CT molecular complexity index is 986. The van der Waals surface area contributed by atoms with E-state index in [2.05, 4.69) is 108 Å². The van der Waals surface area contributed by atoms with Crippen molar-refractivity contribution in [3.05, 3.63) is 77.9 Å². The fourth-order valence-corrected chi connectivity index (χ4v) is 19.9. The molecule has 2 aliphatic rings. The fraction of sp³-hybridized carbons (Fsp3) is 0.370. The van der Waals surface area contributed by atoms with Crippen molar-refractivity contribution >= 4 is 6.58 Å². The molecule has 0 saturated carbocycles. The molecule has 0 saturated heterocycles. The molecule has 0 aliphatic heterocycles. The third-order valence-corrected chi connectivity index (χ3v) is 20.9. The number of benzene rings is 2. The monoisotopic (exact) mass is 606 g/mol. The van der Waals surface area contributed by atoms with E-state index < -0.39 is 21.0 Å². The van der Waals surface area contributed by atoms with Gasteiger partial charge in [0.1, 0.15) is 0 Å².